The Morgan fingerprint density at radius 3 is 2.65 bits per heavy atom. The van der Waals surface area contributed by atoms with Gasteiger partial charge in [0.25, 0.3) is 0 Å². The van der Waals surface area contributed by atoms with E-state index in [1.165, 1.54) is 12.3 Å². The number of alkyl halides is 2. The number of halogens is 2. The third kappa shape index (κ3) is 5.81. The Labute approximate surface area is 116 Å². The number of nitrogens with zero attached hydrogens (tertiary/aromatic N) is 1. The Bertz CT molecular complexity index is 473. The molecule has 1 N–H and O–H groups in total. The summed E-state index contributed by atoms with van der Waals surface area (Å²) < 4.78 is 34.0. The van der Waals surface area contributed by atoms with E-state index in [4.69, 9.17) is 4.74 Å². The van der Waals surface area contributed by atoms with Gasteiger partial charge in [0, 0.05) is 6.20 Å². The molecule has 0 bridgehead atoms. The van der Waals surface area contributed by atoms with Crippen molar-refractivity contribution in [1.82, 2.24) is 10.3 Å². The summed E-state index contributed by atoms with van der Waals surface area (Å²) in [5.41, 5.74) is 0.260. The van der Waals surface area contributed by atoms with E-state index in [-0.39, 0.29) is 18.0 Å². The van der Waals surface area contributed by atoms with Crippen LogP contribution >= 0.6 is 0 Å². The summed E-state index contributed by atoms with van der Waals surface area (Å²) in [5.74, 6) is -0.0592. The van der Waals surface area contributed by atoms with Gasteiger partial charge in [0.2, 0.25) is 0 Å². The molecule has 1 aromatic heterocycles. The van der Waals surface area contributed by atoms with Crippen LogP contribution in [-0.2, 0) is 11.3 Å². The summed E-state index contributed by atoms with van der Waals surface area (Å²) >= 11 is 0. The van der Waals surface area contributed by atoms with E-state index >= 15 is 0 Å². The molecule has 1 heterocycles. The fourth-order valence-electron chi connectivity index (χ4n) is 1.37. The van der Waals surface area contributed by atoms with Crippen molar-refractivity contribution in [2.45, 2.75) is 46.5 Å². The number of pyridine rings is 1. The van der Waals surface area contributed by atoms with Gasteiger partial charge in [-0.2, -0.15) is 8.78 Å². The molecule has 1 amide bonds. The first kappa shape index (κ1) is 16.1. The van der Waals surface area contributed by atoms with Gasteiger partial charge in [-0.25, -0.2) is 4.79 Å². The average Bonchev–Trinajstić information content (AvgIpc) is 2.24. The van der Waals surface area contributed by atoms with Crippen LogP contribution < -0.4 is 10.1 Å². The fourth-order valence-corrected chi connectivity index (χ4v) is 1.37. The highest BCUT2D eigenvalue weighted by molar-refractivity contribution is 5.67. The fraction of sp³-hybridized carbons (Fsp3) is 0.538. The minimum absolute atomic E-state index is 0.0583. The number of nitrogens with one attached hydrogen (secondary N) is 1. The summed E-state index contributed by atoms with van der Waals surface area (Å²) in [7, 11) is 0. The SMILES string of the molecule is Cc1cnc(CNC(=O)OC(C)(C)C)c(OC(F)F)c1. The lowest BCUT2D eigenvalue weighted by Crippen LogP contribution is -2.32. The van der Waals surface area contributed by atoms with Gasteiger partial charge in [0.05, 0.1) is 6.54 Å². The standard InChI is InChI=1S/C13H18F2N2O3/c1-8-5-10(19-11(14)15)9(16-6-8)7-17-12(18)20-13(2,3)4/h5-6,11H,7H2,1-4H3,(H,17,18). The normalized spacial score (nSPS) is 11.3. The van der Waals surface area contributed by atoms with Crippen molar-refractivity contribution in [3.05, 3.63) is 23.5 Å². The lowest BCUT2D eigenvalue weighted by molar-refractivity contribution is -0.0507. The van der Waals surface area contributed by atoms with E-state index in [1.54, 1.807) is 27.7 Å². The lowest BCUT2D eigenvalue weighted by atomic mass is 10.2. The molecule has 0 aliphatic carbocycles. The molecule has 5 nitrogen and oxygen atoms in total. The summed E-state index contributed by atoms with van der Waals surface area (Å²) in [6.07, 6.45) is 0.854. The number of hydrogen-bond acceptors (Lipinski definition) is 4. The van der Waals surface area contributed by atoms with E-state index in [0.29, 0.717) is 5.56 Å². The van der Waals surface area contributed by atoms with Crippen LogP contribution in [0.15, 0.2) is 12.3 Å². The van der Waals surface area contributed by atoms with Gasteiger partial charge >= 0.3 is 12.7 Å². The Morgan fingerprint density at radius 2 is 2.10 bits per heavy atom. The van der Waals surface area contributed by atoms with E-state index < -0.39 is 18.3 Å². The second-order valence-corrected chi connectivity index (χ2v) is 5.19. The van der Waals surface area contributed by atoms with Crippen LogP contribution in [0.4, 0.5) is 13.6 Å². The Kier molecular flexibility index (Phi) is 5.24. The number of hydrogen-bond donors (Lipinski definition) is 1. The van der Waals surface area contributed by atoms with Crippen molar-refractivity contribution in [1.29, 1.82) is 0 Å². The molecule has 20 heavy (non-hydrogen) atoms. The third-order valence-electron chi connectivity index (χ3n) is 2.08. The van der Waals surface area contributed by atoms with E-state index in [2.05, 4.69) is 15.0 Å². The number of rotatable bonds is 4. The first-order valence-electron chi connectivity index (χ1n) is 6.04. The molecule has 0 aliphatic heterocycles. The molecule has 0 fully saturated rings. The summed E-state index contributed by atoms with van der Waals surface area (Å²) in [5, 5.41) is 2.44. The molecule has 0 aromatic carbocycles. The average molecular weight is 288 g/mol. The zero-order chi connectivity index (χ0) is 15.3. The van der Waals surface area contributed by atoms with Crippen LogP contribution in [0.2, 0.25) is 0 Å². The maximum Gasteiger partial charge on any atom is 0.407 e. The number of aromatic nitrogens is 1. The molecule has 1 aromatic rings. The zero-order valence-corrected chi connectivity index (χ0v) is 11.9. The first-order chi connectivity index (χ1) is 9.17. The minimum Gasteiger partial charge on any atom is -0.444 e. The van der Waals surface area contributed by atoms with Crippen LogP contribution in [0.5, 0.6) is 5.75 Å². The molecule has 0 spiro atoms. The summed E-state index contributed by atoms with van der Waals surface area (Å²) in [6.45, 7) is 3.87. The topological polar surface area (TPSA) is 60.5 Å². The lowest BCUT2D eigenvalue weighted by Gasteiger charge is -2.19. The smallest absolute Gasteiger partial charge is 0.407 e. The first-order valence-corrected chi connectivity index (χ1v) is 6.04. The number of alkyl carbamates (subject to hydrolysis) is 1. The molecule has 0 radical (unpaired) electrons. The highest BCUT2D eigenvalue weighted by atomic mass is 19.3. The number of ether oxygens (including phenoxy) is 2. The van der Waals surface area contributed by atoms with E-state index in [1.807, 2.05) is 0 Å². The summed E-state index contributed by atoms with van der Waals surface area (Å²) in [4.78, 5) is 15.5. The van der Waals surface area contributed by atoms with Crippen molar-refractivity contribution in [3.63, 3.8) is 0 Å². The molecule has 0 atom stereocenters. The molecule has 0 saturated carbocycles. The van der Waals surface area contributed by atoms with Gasteiger partial charge < -0.3 is 14.8 Å². The molecule has 0 unspecified atom stereocenters. The predicted octanol–water partition coefficient (Wildman–Crippen LogP) is 3.02. The summed E-state index contributed by atoms with van der Waals surface area (Å²) in [6, 6.07) is 1.44. The van der Waals surface area contributed by atoms with Crippen molar-refractivity contribution >= 4 is 6.09 Å². The Hall–Kier alpha value is -1.92. The maximum absolute atomic E-state index is 12.3. The monoisotopic (exact) mass is 288 g/mol. The molecule has 7 heteroatoms. The van der Waals surface area contributed by atoms with Gasteiger partial charge in [0.15, 0.2) is 0 Å². The van der Waals surface area contributed by atoms with Gasteiger partial charge in [-0.1, -0.05) is 0 Å². The molecular weight excluding hydrogens is 270 g/mol. The Morgan fingerprint density at radius 1 is 1.45 bits per heavy atom. The van der Waals surface area contributed by atoms with Crippen LogP contribution in [0.25, 0.3) is 0 Å². The highest BCUT2D eigenvalue weighted by Crippen LogP contribution is 2.20. The third-order valence-corrected chi connectivity index (χ3v) is 2.08. The molecular formula is C13H18F2N2O3. The van der Waals surface area contributed by atoms with Crippen LogP contribution in [0.1, 0.15) is 32.0 Å². The quantitative estimate of drug-likeness (QED) is 0.925. The predicted molar refractivity (Wildman–Crippen MR) is 68.7 cm³/mol. The Balaban J connectivity index is 2.70. The van der Waals surface area contributed by atoms with Gasteiger partial charge in [-0.3, -0.25) is 4.98 Å². The number of aryl methyl sites for hydroxylation is 1. The zero-order valence-electron chi connectivity index (χ0n) is 11.9. The number of carbonyl (C=O) groups is 1. The van der Waals surface area contributed by atoms with Gasteiger partial charge in [-0.15, -0.1) is 0 Å². The van der Waals surface area contributed by atoms with Crippen molar-refractivity contribution in [3.8, 4) is 5.75 Å². The van der Waals surface area contributed by atoms with Gasteiger partial charge in [-0.05, 0) is 39.3 Å². The second kappa shape index (κ2) is 6.49. The van der Waals surface area contributed by atoms with Gasteiger partial charge in [0.1, 0.15) is 17.0 Å². The largest absolute Gasteiger partial charge is 0.444 e. The highest BCUT2D eigenvalue weighted by Gasteiger charge is 2.17. The molecule has 112 valence electrons. The van der Waals surface area contributed by atoms with E-state index in [0.717, 1.165) is 0 Å². The molecule has 0 aliphatic rings. The molecule has 0 saturated heterocycles. The van der Waals surface area contributed by atoms with Crippen LogP contribution in [-0.4, -0.2) is 23.3 Å². The van der Waals surface area contributed by atoms with Crippen molar-refractivity contribution < 1.29 is 23.0 Å². The van der Waals surface area contributed by atoms with E-state index in [9.17, 15) is 13.6 Å². The maximum atomic E-state index is 12.3. The van der Waals surface area contributed by atoms with Crippen LogP contribution in [0.3, 0.4) is 0 Å². The molecule has 1 rings (SSSR count). The van der Waals surface area contributed by atoms with Crippen molar-refractivity contribution in [2.24, 2.45) is 0 Å². The number of amides is 1. The van der Waals surface area contributed by atoms with Crippen molar-refractivity contribution in [2.75, 3.05) is 0 Å². The second-order valence-electron chi connectivity index (χ2n) is 5.19. The van der Waals surface area contributed by atoms with Crippen LogP contribution in [0, 0.1) is 6.92 Å². The minimum atomic E-state index is -2.95. The number of carbonyl (C=O) groups excluding carboxylic acids is 1.